The van der Waals surface area contributed by atoms with Gasteiger partial charge in [-0.3, -0.25) is 0 Å². The minimum absolute atomic E-state index is 0.399. The van der Waals surface area contributed by atoms with Crippen molar-refractivity contribution in [2.45, 2.75) is 25.3 Å². The Morgan fingerprint density at radius 2 is 2.00 bits per heavy atom. The van der Waals surface area contributed by atoms with Gasteiger partial charge in [-0.05, 0) is 42.8 Å². The molecule has 0 bridgehead atoms. The Kier molecular flexibility index (Phi) is 2.73. The van der Waals surface area contributed by atoms with Crippen molar-refractivity contribution in [2.24, 2.45) is 0 Å². The number of phenols is 1. The Hall–Kier alpha value is -1.54. The molecule has 1 saturated heterocycles. The van der Waals surface area contributed by atoms with Crippen LogP contribution in [-0.4, -0.2) is 17.7 Å². The van der Waals surface area contributed by atoms with Gasteiger partial charge in [-0.2, -0.15) is 0 Å². The van der Waals surface area contributed by atoms with Crippen LogP contribution in [0, 0.1) is 0 Å². The van der Waals surface area contributed by atoms with Gasteiger partial charge in [-0.1, -0.05) is 30.3 Å². The van der Waals surface area contributed by atoms with Crippen LogP contribution in [0.5, 0.6) is 5.75 Å². The van der Waals surface area contributed by atoms with E-state index in [1.54, 1.807) is 6.07 Å². The second kappa shape index (κ2) is 4.38. The Bertz CT molecular complexity index is 524. The molecule has 0 radical (unpaired) electrons. The number of hydrogen-bond donors (Lipinski definition) is 2. The highest BCUT2D eigenvalue weighted by molar-refractivity contribution is 5.91. The van der Waals surface area contributed by atoms with Crippen LogP contribution in [0.25, 0.3) is 10.8 Å². The first-order valence-corrected chi connectivity index (χ1v) is 6.27. The lowest BCUT2D eigenvalue weighted by molar-refractivity contribution is 0.481. The van der Waals surface area contributed by atoms with E-state index in [1.165, 1.54) is 18.4 Å². The molecular weight excluding hydrogens is 210 g/mol. The first kappa shape index (κ1) is 10.6. The summed E-state index contributed by atoms with van der Waals surface area (Å²) in [5, 5.41) is 15.7. The minimum atomic E-state index is 0.399. The molecule has 2 aromatic carbocycles. The molecule has 1 aliphatic heterocycles. The highest BCUT2D eigenvalue weighted by Gasteiger charge is 2.16. The zero-order valence-corrected chi connectivity index (χ0v) is 9.82. The maximum Gasteiger partial charge on any atom is 0.123 e. The summed E-state index contributed by atoms with van der Waals surface area (Å²) in [5.74, 6) is 0.399. The second-order valence-corrected chi connectivity index (χ2v) is 4.79. The van der Waals surface area contributed by atoms with Crippen LogP contribution < -0.4 is 5.32 Å². The number of benzene rings is 2. The van der Waals surface area contributed by atoms with Crippen LogP contribution in [0.2, 0.25) is 0 Å². The molecule has 1 atom stereocenters. The predicted molar refractivity (Wildman–Crippen MR) is 70.3 cm³/mol. The summed E-state index contributed by atoms with van der Waals surface area (Å²) in [5.41, 5.74) is 1.25. The lowest BCUT2D eigenvalue weighted by atomic mass is 9.97. The van der Waals surface area contributed by atoms with Crippen LogP contribution >= 0.6 is 0 Å². The molecule has 17 heavy (non-hydrogen) atoms. The van der Waals surface area contributed by atoms with E-state index in [2.05, 4.69) is 29.6 Å². The van der Waals surface area contributed by atoms with Gasteiger partial charge < -0.3 is 10.4 Å². The van der Waals surface area contributed by atoms with Gasteiger partial charge in [0.05, 0.1) is 0 Å². The topological polar surface area (TPSA) is 32.3 Å². The largest absolute Gasteiger partial charge is 0.507 e. The normalized spacial score (nSPS) is 19.9. The summed E-state index contributed by atoms with van der Waals surface area (Å²) in [4.78, 5) is 0. The summed E-state index contributed by atoms with van der Waals surface area (Å²) >= 11 is 0. The maximum atomic E-state index is 10.0. The molecule has 1 heterocycles. The van der Waals surface area contributed by atoms with Crippen LogP contribution in [0.1, 0.15) is 18.4 Å². The number of aromatic hydroxyl groups is 1. The second-order valence-electron chi connectivity index (χ2n) is 4.79. The van der Waals surface area contributed by atoms with Gasteiger partial charge in [-0.15, -0.1) is 0 Å². The number of rotatable bonds is 2. The minimum Gasteiger partial charge on any atom is -0.507 e. The lowest BCUT2D eigenvalue weighted by Crippen LogP contribution is -2.23. The van der Waals surface area contributed by atoms with Gasteiger partial charge in [0.2, 0.25) is 0 Å². The van der Waals surface area contributed by atoms with Crippen molar-refractivity contribution in [1.29, 1.82) is 0 Å². The fourth-order valence-corrected chi connectivity index (χ4v) is 2.76. The van der Waals surface area contributed by atoms with Crippen molar-refractivity contribution in [1.82, 2.24) is 5.32 Å². The van der Waals surface area contributed by atoms with Gasteiger partial charge in [0, 0.05) is 11.4 Å². The molecule has 0 aliphatic carbocycles. The van der Waals surface area contributed by atoms with Gasteiger partial charge >= 0.3 is 0 Å². The van der Waals surface area contributed by atoms with Crippen molar-refractivity contribution in [3.05, 3.63) is 42.0 Å². The number of hydrogen-bond acceptors (Lipinski definition) is 2. The van der Waals surface area contributed by atoms with Gasteiger partial charge in [0.1, 0.15) is 5.75 Å². The molecule has 88 valence electrons. The van der Waals surface area contributed by atoms with E-state index in [0.29, 0.717) is 11.8 Å². The fraction of sp³-hybridized carbons (Fsp3) is 0.333. The maximum absolute atomic E-state index is 10.0. The van der Waals surface area contributed by atoms with E-state index in [0.717, 1.165) is 23.7 Å². The Morgan fingerprint density at radius 1 is 1.18 bits per heavy atom. The average Bonchev–Trinajstić information content (AvgIpc) is 2.82. The smallest absolute Gasteiger partial charge is 0.123 e. The third-order valence-electron chi connectivity index (χ3n) is 3.60. The monoisotopic (exact) mass is 227 g/mol. The van der Waals surface area contributed by atoms with Crippen molar-refractivity contribution in [2.75, 3.05) is 6.54 Å². The van der Waals surface area contributed by atoms with Crippen molar-refractivity contribution >= 4 is 10.8 Å². The first-order valence-electron chi connectivity index (χ1n) is 6.27. The molecular formula is C15H17NO. The van der Waals surface area contributed by atoms with Crippen LogP contribution in [0.4, 0.5) is 0 Å². The van der Waals surface area contributed by atoms with Crippen LogP contribution in [-0.2, 0) is 6.42 Å². The van der Waals surface area contributed by atoms with Crippen molar-refractivity contribution < 1.29 is 5.11 Å². The Labute approximate surface area is 101 Å². The van der Waals surface area contributed by atoms with Gasteiger partial charge in [-0.25, -0.2) is 0 Å². The summed E-state index contributed by atoms with van der Waals surface area (Å²) in [6.07, 6.45) is 3.51. The quantitative estimate of drug-likeness (QED) is 0.827. The third-order valence-corrected chi connectivity index (χ3v) is 3.60. The summed E-state index contributed by atoms with van der Waals surface area (Å²) in [6.45, 7) is 1.13. The van der Waals surface area contributed by atoms with E-state index >= 15 is 0 Å². The van der Waals surface area contributed by atoms with Crippen LogP contribution in [0.3, 0.4) is 0 Å². The molecule has 0 spiro atoms. The standard InChI is InChI=1S/C15H17NO/c17-14-8-2-5-11-4-1-6-12(15(11)14)10-13-7-3-9-16-13/h1-2,4-6,8,13,16-17H,3,7,9-10H2. The number of phenolic OH excluding ortho intramolecular Hbond substituents is 1. The number of fused-ring (bicyclic) bond motifs is 1. The molecule has 2 nitrogen and oxygen atoms in total. The molecule has 1 fully saturated rings. The third kappa shape index (κ3) is 2.01. The van der Waals surface area contributed by atoms with Crippen molar-refractivity contribution in [3.63, 3.8) is 0 Å². The zero-order chi connectivity index (χ0) is 11.7. The molecule has 0 amide bonds. The molecule has 0 aromatic heterocycles. The SMILES string of the molecule is Oc1cccc2cccc(CC3CCCN3)c12. The highest BCUT2D eigenvalue weighted by atomic mass is 16.3. The van der Waals surface area contributed by atoms with Crippen LogP contribution in [0.15, 0.2) is 36.4 Å². The molecule has 2 N–H and O–H groups in total. The zero-order valence-electron chi connectivity index (χ0n) is 9.82. The highest BCUT2D eigenvalue weighted by Crippen LogP contribution is 2.29. The predicted octanol–water partition coefficient (Wildman–Crippen LogP) is 2.84. The lowest BCUT2D eigenvalue weighted by Gasteiger charge is -2.13. The van der Waals surface area contributed by atoms with E-state index in [4.69, 9.17) is 0 Å². The molecule has 1 unspecified atom stereocenters. The van der Waals surface area contributed by atoms with E-state index in [-0.39, 0.29) is 0 Å². The fourth-order valence-electron chi connectivity index (χ4n) is 2.76. The molecule has 0 saturated carbocycles. The Morgan fingerprint density at radius 3 is 2.76 bits per heavy atom. The average molecular weight is 227 g/mol. The summed E-state index contributed by atoms with van der Waals surface area (Å²) in [7, 11) is 0. The summed E-state index contributed by atoms with van der Waals surface area (Å²) < 4.78 is 0. The van der Waals surface area contributed by atoms with E-state index < -0.39 is 0 Å². The van der Waals surface area contributed by atoms with Gasteiger partial charge in [0.25, 0.3) is 0 Å². The number of nitrogens with one attached hydrogen (secondary N) is 1. The van der Waals surface area contributed by atoms with E-state index in [1.807, 2.05) is 6.07 Å². The Balaban J connectivity index is 2.03. The molecule has 2 heteroatoms. The van der Waals surface area contributed by atoms with Crippen molar-refractivity contribution in [3.8, 4) is 5.75 Å². The van der Waals surface area contributed by atoms with Gasteiger partial charge in [0.15, 0.2) is 0 Å². The first-order chi connectivity index (χ1) is 8.34. The molecule has 2 aromatic rings. The molecule has 1 aliphatic rings. The van der Waals surface area contributed by atoms with E-state index in [9.17, 15) is 5.11 Å². The molecule has 3 rings (SSSR count). The summed E-state index contributed by atoms with van der Waals surface area (Å²) in [6, 6.07) is 12.6.